The second-order valence-electron chi connectivity index (χ2n) is 5.91. The molecule has 0 radical (unpaired) electrons. The maximum Gasteiger partial charge on any atom is 0.214 e. The zero-order valence-corrected chi connectivity index (χ0v) is 12.4. The van der Waals surface area contributed by atoms with Gasteiger partial charge in [0.05, 0.1) is 5.75 Å². The van der Waals surface area contributed by atoms with Crippen LogP contribution in [0.2, 0.25) is 0 Å². The molecule has 1 saturated carbocycles. The molecule has 18 heavy (non-hydrogen) atoms. The van der Waals surface area contributed by atoms with Gasteiger partial charge in [-0.1, -0.05) is 13.8 Å². The van der Waals surface area contributed by atoms with Gasteiger partial charge < -0.3 is 5.32 Å². The van der Waals surface area contributed by atoms with E-state index >= 15 is 0 Å². The molecule has 5 heteroatoms. The highest BCUT2D eigenvalue weighted by Gasteiger charge is 2.36. The summed E-state index contributed by atoms with van der Waals surface area (Å²) in [6, 6.07) is 0.484. The van der Waals surface area contributed by atoms with Gasteiger partial charge in [-0.3, -0.25) is 0 Å². The molecule has 2 fully saturated rings. The summed E-state index contributed by atoms with van der Waals surface area (Å²) in [5.74, 6) is 1.24. The minimum Gasteiger partial charge on any atom is -0.314 e. The van der Waals surface area contributed by atoms with Crippen LogP contribution in [0.5, 0.6) is 0 Å². The molecule has 0 spiro atoms. The first-order valence-corrected chi connectivity index (χ1v) is 8.85. The summed E-state index contributed by atoms with van der Waals surface area (Å²) >= 11 is 0. The number of rotatable bonds is 6. The highest BCUT2D eigenvalue weighted by molar-refractivity contribution is 7.89. The Hall–Kier alpha value is -0.130. The van der Waals surface area contributed by atoms with E-state index in [1.807, 2.05) is 0 Å². The summed E-state index contributed by atoms with van der Waals surface area (Å²) in [4.78, 5) is 0. The zero-order chi connectivity index (χ0) is 13.2. The van der Waals surface area contributed by atoms with Crippen molar-refractivity contribution in [2.75, 3.05) is 25.4 Å². The van der Waals surface area contributed by atoms with Crippen LogP contribution < -0.4 is 5.32 Å². The van der Waals surface area contributed by atoms with Crippen molar-refractivity contribution in [1.29, 1.82) is 0 Å². The Bertz CT molecular complexity index is 365. The Morgan fingerprint density at radius 2 is 2.00 bits per heavy atom. The second-order valence-corrected chi connectivity index (χ2v) is 7.92. The third-order valence-corrected chi connectivity index (χ3v) is 6.07. The molecule has 1 heterocycles. The molecule has 1 N–H and O–H groups in total. The summed E-state index contributed by atoms with van der Waals surface area (Å²) in [5, 5.41) is 3.52. The third-order valence-electron chi connectivity index (χ3n) is 4.06. The second kappa shape index (κ2) is 5.88. The highest BCUT2D eigenvalue weighted by atomic mass is 32.2. The van der Waals surface area contributed by atoms with Crippen molar-refractivity contribution in [1.82, 2.24) is 9.62 Å². The molecule has 0 aromatic rings. The number of nitrogens with zero attached hydrogens (tertiary/aromatic N) is 1. The predicted octanol–water partition coefficient (Wildman–Crippen LogP) is 1.44. The van der Waals surface area contributed by atoms with Crippen LogP contribution in [0.15, 0.2) is 0 Å². The number of hydrogen-bond donors (Lipinski definition) is 1. The van der Waals surface area contributed by atoms with E-state index < -0.39 is 10.0 Å². The Kier molecular flexibility index (Phi) is 4.67. The molecular weight excluding hydrogens is 248 g/mol. The molecule has 2 rings (SSSR count). The van der Waals surface area contributed by atoms with Crippen LogP contribution >= 0.6 is 0 Å². The van der Waals surface area contributed by atoms with Gasteiger partial charge in [-0.15, -0.1) is 0 Å². The van der Waals surface area contributed by atoms with Gasteiger partial charge in [-0.05, 0) is 44.1 Å². The molecule has 2 atom stereocenters. The maximum atomic E-state index is 12.2. The van der Waals surface area contributed by atoms with E-state index in [0.717, 1.165) is 32.2 Å². The first kappa shape index (κ1) is 14.3. The number of sulfonamides is 1. The molecule has 1 aliphatic carbocycles. The zero-order valence-electron chi connectivity index (χ0n) is 11.6. The molecule has 0 aromatic heterocycles. The van der Waals surface area contributed by atoms with Crippen LogP contribution in [-0.4, -0.2) is 44.2 Å². The molecule has 1 aliphatic heterocycles. The summed E-state index contributed by atoms with van der Waals surface area (Å²) < 4.78 is 26.1. The van der Waals surface area contributed by atoms with Gasteiger partial charge in [0, 0.05) is 19.1 Å². The monoisotopic (exact) mass is 274 g/mol. The number of hydrogen-bond acceptors (Lipinski definition) is 3. The molecule has 106 valence electrons. The van der Waals surface area contributed by atoms with Crippen molar-refractivity contribution >= 4 is 10.0 Å². The van der Waals surface area contributed by atoms with Crippen molar-refractivity contribution in [3.05, 3.63) is 0 Å². The first-order valence-electron chi connectivity index (χ1n) is 7.24. The number of nitrogens with one attached hydrogen (secondary N) is 1. The molecule has 0 bridgehead atoms. The first-order chi connectivity index (χ1) is 8.53. The van der Waals surface area contributed by atoms with Crippen molar-refractivity contribution in [3.8, 4) is 0 Å². The van der Waals surface area contributed by atoms with Gasteiger partial charge in [-0.25, -0.2) is 12.7 Å². The lowest BCUT2D eigenvalue weighted by molar-refractivity contribution is 0.220. The quantitative estimate of drug-likeness (QED) is 0.797. The molecule has 2 unspecified atom stereocenters. The summed E-state index contributed by atoms with van der Waals surface area (Å²) in [7, 11) is -2.99. The van der Waals surface area contributed by atoms with Crippen molar-refractivity contribution in [2.45, 2.75) is 45.6 Å². The topological polar surface area (TPSA) is 49.4 Å². The Morgan fingerprint density at radius 3 is 2.56 bits per heavy atom. The molecule has 2 aliphatic rings. The largest absolute Gasteiger partial charge is 0.314 e. The van der Waals surface area contributed by atoms with Gasteiger partial charge in [0.2, 0.25) is 10.0 Å². The van der Waals surface area contributed by atoms with E-state index in [1.165, 1.54) is 0 Å². The number of piperidine rings is 1. The van der Waals surface area contributed by atoms with Crippen LogP contribution in [0, 0.1) is 11.8 Å². The minimum absolute atomic E-state index is 0.382. The van der Waals surface area contributed by atoms with E-state index in [4.69, 9.17) is 0 Å². The fraction of sp³-hybridized carbons (Fsp3) is 1.00. The lowest BCUT2D eigenvalue weighted by Gasteiger charge is -2.36. The average Bonchev–Trinajstić information content (AvgIpc) is 3.10. The molecule has 0 aromatic carbocycles. The lowest BCUT2D eigenvalue weighted by Crippen LogP contribution is -2.50. The standard InChI is InChI=1S/C13H26N2O2S/c1-3-7-14-13-6-8-15(9-11(13)2)18(16,17)10-12-4-5-12/h11-14H,3-10H2,1-2H3. The average molecular weight is 274 g/mol. The molecule has 1 saturated heterocycles. The maximum absolute atomic E-state index is 12.2. The van der Waals surface area contributed by atoms with Crippen LogP contribution in [0.1, 0.15) is 39.5 Å². The van der Waals surface area contributed by atoms with Gasteiger partial charge >= 0.3 is 0 Å². The van der Waals surface area contributed by atoms with E-state index in [1.54, 1.807) is 4.31 Å². The molecular formula is C13H26N2O2S. The van der Waals surface area contributed by atoms with Crippen LogP contribution in [0.25, 0.3) is 0 Å². The Morgan fingerprint density at radius 1 is 1.28 bits per heavy atom. The van der Waals surface area contributed by atoms with Gasteiger partial charge in [0.1, 0.15) is 0 Å². The van der Waals surface area contributed by atoms with Crippen LogP contribution in [-0.2, 0) is 10.0 Å². The molecule has 4 nitrogen and oxygen atoms in total. The van der Waals surface area contributed by atoms with Gasteiger partial charge in [0.15, 0.2) is 0 Å². The van der Waals surface area contributed by atoms with E-state index in [-0.39, 0.29) is 0 Å². The smallest absolute Gasteiger partial charge is 0.214 e. The van der Waals surface area contributed by atoms with Gasteiger partial charge in [-0.2, -0.15) is 0 Å². The van der Waals surface area contributed by atoms with Crippen LogP contribution in [0.3, 0.4) is 0 Å². The summed E-state index contributed by atoms with van der Waals surface area (Å²) in [6.45, 7) is 6.74. The minimum atomic E-state index is -2.99. The molecule has 0 amide bonds. The van der Waals surface area contributed by atoms with Crippen molar-refractivity contribution < 1.29 is 8.42 Å². The lowest BCUT2D eigenvalue weighted by atomic mass is 9.95. The predicted molar refractivity (Wildman–Crippen MR) is 73.9 cm³/mol. The van der Waals surface area contributed by atoms with E-state index in [0.29, 0.717) is 36.7 Å². The normalized spacial score (nSPS) is 30.6. The fourth-order valence-corrected chi connectivity index (χ4v) is 4.67. The summed E-state index contributed by atoms with van der Waals surface area (Å²) in [5.41, 5.74) is 0. The van der Waals surface area contributed by atoms with Crippen LogP contribution in [0.4, 0.5) is 0 Å². The SMILES string of the molecule is CCCNC1CCN(S(=O)(=O)CC2CC2)CC1C. The van der Waals surface area contributed by atoms with E-state index in [2.05, 4.69) is 19.2 Å². The Labute approximate surface area is 111 Å². The highest BCUT2D eigenvalue weighted by Crippen LogP contribution is 2.32. The summed E-state index contributed by atoms with van der Waals surface area (Å²) in [6.07, 6.45) is 4.28. The Balaban J connectivity index is 1.86. The van der Waals surface area contributed by atoms with Crippen molar-refractivity contribution in [3.63, 3.8) is 0 Å². The fourth-order valence-electron chi connectivity index (χ4n) is 2.68. The van der Waals surface area contributed by atoms with Crippen molar-refractivity contribution in [2.24, 2.45) is 11.8 Å². The van der Waals surface area contributed by atoms with Gasteiger partial charge in [0.25, 0.3) is 0 Å². The third kappa shape index (κ3) is 3.68. The van der Waals surface area contributed by atoms with E-state index in [9.17, 15) is 8.42 Å².